The molecule has 29 heavy (non-hydrogen) atoms. The molecule has 1 aromatic heterocycles. The second-order valence-electron chi connectivity index (χ2n) is 6.02. The predicted octanol–water partition coefficient (Wildman–Crippen LogP) is 3.59. The number of hydrogen-bond acceptors (Lipinski definition) is 6. The average Bonchev–Trinajstić information content (AvgIpc) is 3.22. The lowest BCUT2D eigenvalue weighted by Gasteiger charge is -2.08. The van der Waals surface area contributed by atoms with Crippen LogP contribution in [-0.4, -0.2) is 37.6 Å². The highest BCUT2D eigenvalue weighted by Gasteiger charge is 2.13. The van der Waals surface area contributed by atoms with E-state index in [1.165, 1.54) is 11.3 Å². The van der Waals surface area contributed by atoms with Crippen molar-refractivity contribution in [1.29, 1.82) is 0 Å². The number of nitrogens with zero attached hydrogens (tertiary/aromatic N) is 1. The van der Waals surface area contributed by atoms with Gasteiger partial charge in [-0.05, 0) is 30.3 Å². The number of aromatic nitrogens is 1. The Balaban J connectivity index is 1.56. The minimum Gasteiger partial charge on any atom is -0.497 e. The molecule has 0 fully saturated rings. The van der Waals surface area contributed by atoms with Crippen LogP contribution in [0.4, 0.5) is 5.13 Å². The van der Waals surface area contributed by atoms with Crippen molar-refractivity contribution < 1.29 is 19.1 Å². The molecule has 0 atom stereocenters. The van der Waals surface area contributed by atoms with E-state index in [0.29, 0.717) is 27.9 Å². The lowest BCUT2D eigenvalue weighted by atomic mass is 10.1. The van der Waals surface area contributed by atoms with Crippen molar-refractivity contribution in [2.45, 2.75) is 6.42 Å². The summed E-state index contributed by atoms with van der Waals surface area (Å²) in [5.41, 5.74) is 2.02. The number of thiazole rings is 1. The van der Waals surface area contributed by atoms with Crippen LogP contribution in [0, 0.1) is 0 Å². The van der Waals surface area contributed by atoms with Gasteiger partial charge in [-0.25, -0.2) is 4.98 Å². The third-order valence-corrected chi connectivity index (χ3v) is 4.86. The molecule has 0 radical (unpaired) electrons. The number of rotatable bonds is 8. The first-order valence-electron chi connectivity index (χ1n) is 8.91. The van der Waals surface area contributed by atoms with Crippen molar-refractivity contribution in [2.24, 2.45) is 0 Å². The fourth-order valence-electron chi connectivity index (χ4n) is 2.63. The summed E-state index contributed by atoms with van der Waals surface area (Å²) < 4.78 is 10.6. The number of amides is 2. The smallest absolute Gasteiger partial charge is 0.251 e. The van der Waals surface area contributed by atoms with E-state index in [9.17, 15) is 9.59 Å². The monoisotopic (exact) mass is 411 g/mol. The summed E-state index contributed by atoms with van der Waals surface area (Å²) in [6, 6.07) is 14.3. The Kier molecular flexibility index (Phi) is 6.80. The van der Waals surface area contributed by atoms with Gasteiger partial charge in [-0.15, -0.1) is 11.3 Å². The average molecular weight is 411 g/mol. The minimum absolute atomic E-state index is 0.149. The molecule has 0 aliphatic rings. The Morgan fingerprint density at radius 3 is 2.59 bits per heavy atom. The van der Waals surface area contributed by atoms with Gasteiger partial charge in [0.2, 0.25) is 5.91 Å². The molecule has 7 nitrogen and oxygen atoms in total. The Morgan fingerprint density at radius 2 is 1.86 bits per heavy atom. The predicted molar refractivity (Wildman–Crippen MR) is 113 cm³/mol. The molecule has 2 aromatic carbocycles. The van der Waals surface area contributed by atoms with Gasteiger partial charge in [0.05, 0.1) is 19.9 Å². The molecule has 0 bridgehead atoms. The zero-order valence-corrected chi connectivity index (χ0v) is 16.9. The van der Waals surface area contributed by atoms with Gasteiger partial charge in [-0.1, -0.05) is 18.2 Å². The van der Waals surface area contributed by atoms with Crippen LogP contribution in [0.5, 0.6) is 11.5 Å². The van der Waals surface area contributed by atoms with Gasteiger partial charge in [-0.2, -0.15) is 0 Å². The highest BCUT2D eigenvalue weighted by atomic mass is 32.1. The number of anilines is 1. The van der Waals surface area contributed by atoms with E-state index in [1.54, 1.807) is 50.6 Å². The molecule has 0 aliphatic heterocycles. The van der Waals surface area contributed by atoms with Crippen molar-refractivity contribution in [3.05, 3.63) is 59.5 Å². The number of methoxy groups -OCH3 is 2. The van der Waals surface area contributed by atoms with E-state index in [0.717, 1.165) is 5.56 Å². The summed E-state index contributed by atoms with van der Waals surface area (Å²) >= 11 is 1.32. The summed E-state index contributed by atoms with van der Waals surface area (Å²) in [7, 11) is 3.18. The molecule has 3 aromatic rings. The molecular formula is C21H21N3O4S. The van der Waals surface area contributed by atoms with Crippen LogP contribution in [0.2, 0.25) is 0 Å². The Morgan fingerprint density at radius 1 is 1.07 bits per heavy atom. The van der Waals surface area contributed by atoms with Crippen molar-refractivity contribution in [1.82, 2.24) is 10.3 Å². The van der Waals surface area contributed by atoms with Gasteiger partial charge in [0.15, 0.2) is 5.13 Å². The summed E-state index contributed by atoms with van der Waals surface area (Å²) in [5, 5.41) is 7.80. The van der Waals surface area contributed by atoms with E-state index >= 15 is 0 Å². The number of benzene rings is 2. The van der Waals surface area contributed by atoms with Crippen molar-refractivity contribution in [2.75, 3.05) is 26.1 Å². The summed E-state index contributed by atoms with van der Waals surface area (Å²) in [5.74, 6) is 0.920. The van der Waals surface area contributed by atoms with Crippen LogP contribution < -0.4 is 20.1 Å². The fraction of sp³-hybridized carbons (Fsp3) is 0.190. The Bertz CT molecular complexity index is 989. The molecule has 0 aliphatic carbocycles. The lowest BCUT2D eigenvalue weighted by Crippen LogP contribution is -2.27. The lowest BCUT2D eigenvalue weighted by molar-refractivity contribution is -0.116. The molecule has 0 saturated heterocycles. The number of hydrogen-bond donors (Lipinski definition) is 2. The highest BCUT2D eigenvalue weighted by Crippen LogP contribution is 2.35. The van der Waals surface area contributed by atoms with Gasteiger partial charge in [0, 0.05) is 29.5 Å². The summed E-state index contributed by atoms with van der Waals surface area (Å²) in [4.78, 5) is 28.6. The van der Waals surface area contributed by atoms with Gasteiger partial charge < -0.3 is 20.1 Å². The van der Waals surface area contributed by atoms with Crippen LogP contribution >= 0.6 is 11.3 Å². The maximum atomic E-state index is 12.2. The van der Waals surface area contributed by atoms with Crippen molar-refractivity contribution >= 4 is 28.3 Å². The first-order valence-corrected chi connectivity index (χ1v) is 9.79. The van der Waals surface area contributed by atoms with E-state index in [2.05, 4.69) is 15.6 Å². The quantitative estimate of drug-likeness (QED) is 0.591. The number of carbonyl (C=O) groups is 2. The molecule has 8 heteroatoms. The number of nitrogens with one attached hydrogen (secondary N) is 2. The molecule has 2 N–H and O–H groups in total. The second kappa shape index (κ2) is 9.70. The van der Waals surface area contributed by atoms with Crippen LogP contribution in [0.1, 0.15) is 16.8 Å². The molecule has 2 amide bonds. The highest BCUT2D eigenvalue weighted by molar-refractivity contribution is 7.14. The standard InChI is InChI=1S/C21H21N3O4S/c1-27-15-8-9-18(28-2)16(12-15)17-13-29-21(23-17)24-19(25)10-11-22-20(26)14-6-4-3-5-7-14/h3-9,12-13H,10-11H2,1-2H3,(H,22,26)(H,23,24,25). The molecule has 0 unspecified atom stereocenters. The largest absolute Gasteiger partial charge is 0.497 e. The first-order chi connectivity index (χ1) is 14.1. The molecule has 0 saturated carbocycles. The maximum absolute atomic E-state index is 12.2. The fourth-order valence-corrected chi connectivity index (χ4v) is 3.36. The zero-order chi connectivity index (χ0) is 20.6. The normalized spacial score (nSPS) is 10.3. The van der Waals surface area contributed by atoms with E-state index in [1.807, 2.05) is 17.5 Å². The van der Waals surface area contributed by atoms with Gasteiger partial charge >= 0.3 is 0 Å². The minimum atomic E-state index is -0.225. The molecule has 150 valence electrons. The van der Waals surface area contributed by atoms with Crippen molar-refractivity contribution in [3.63, 3.8) is 0 Å². The van der Waals surface area contributed by atoms with E-state index < -0.39 is 0 Å². The van der Waals surface area contributed by atoms with E-state index in [4.69, 9.17) is 9.47 Å². The van der Waals surface area contributed by atoms with Crippen molar-refractivity contribution in [3.8, 4) is 22.8 Å². The number of carbonyl (C=O) groups excluding carboxylic acids is 2. The number of ether oxygens (including phenoxy) is 2. The molecular weight excluding hydrogens is 390 g/mol. The summed E-state index contributed by atoms with van der Waals surface area (Å²) in [6.07, 6.45) is 0.149. The summed E-state index contributed by atoms with van der Waals surface area (Å²) in [6.45, 7) is 0.238. The van der Waals surface area contributed by atoms with Crippen LogP contribution in [-0.2, 0) is 4.79 Å². The van der Waals surface area contributed by atoms with Gasteiger partial charge in [-0.3, -0.25) is 9.59 Å². The van der Waals surface area contributed by atoms with Crippen LogP contribution in [0.3, 0.4) is 0 Å². The Labute approximate surface area is 172 Å². The topological polar surface area (TPSA) is 89.5 Å². The zero-order valence-electron chi connectivity index (χ0n) is 16.1. The maximum Gasteiger partial charge on any atom is 0.251 e. The van der Waals surface area contributed by atoms with E-state index in [-0.39, 0.29) is 24.8 Å². The molecule has 3 rings (SSSR count). The van der Waals surface area contributed by atoms with Crippen LogP contribution in [0.15, 0.2) is 53.9 Å². The second-order valence-corrected chi connectivity index (χ2v) is 6.88. The van der Waals surface area contributed by atoms with Gasteiger partial charge in [0.1, 0.15) is 11.5 Å². The third-order valence-electron chi connectivity index (χ3n) is 4.11. The Hall–Kier alpha value is -3.39. The van der Waals surface area contributed by atoms with Gasteiger partial charge in [0.25, 0.3) is 5.91 Å². The molecule has 0 spiro atoms. The SMILES string of the molecule is COc1ccc(OC)c(-c2csc(NC(=O)CCNC(=O)c3ccccc3)n2)c1. The van der Waals surface area contributed by atoms with Crippen LogP contribution in [0.25, 0.3) is 11.3 Å². The third kappa shape index (κ3) is 5.32. The molecule has 1 heterocycles. The first kappa shape index (κ1) is 20.3.